The van der Waals surface area contributed by atoms with Gasteiger partial charge in [-0.2, -0.15) is 5.10 Å². The van der Waals surface area contributed by atoms with Gasteiger partial charge in [-0.15, -0.1) is 0 Å². The van der Waals surface area contributed by atoms with Gasteiger partial charge in [0.2, 0.25) is 0 Å². The molecule has 1 fully saturated rings. The minimum atomic E-state index is -1.06. The summed E-state index contributed by atoms with van der Waals surface area (Å²) in [5.74, 6) is -1.22. The van der Waals surface area contributed by atoms with Crippen LogP contribution in [0.15, 0.2) is 42.7 Å². The third-order valence-electron chi connectivity index (χ3n) is 3.83. The Labute approximate surface area is 150 Å². The molecule has 0 bridgehead atoms. The van der Waals surface area contributed by atoms with E-state index in [1.165, 1.54) is 6.92 Å². The lowest BCUT2D eigenvalue weighted by Gasteiger charge is -2.12. The highest BCUT2D eigenvalue weighted by Crippen LogP contribution is 2.18. The molecule has 2 N–H and O–H groups in total. The third-order valence-corrected chi connectivity index (χ3v) is 3.83. The second-order valence-electron chi connectivity index (χ2n) is 6.17. The number of esters is 1. The number of nitrogens with one attached hydrogen (secondary N) is 2. The van der Waals surface area contributed by atoms with E-state index < -0.39 is 24.0 Å². The third kappa shape index (κ3) is 4.92. The molecule has 1 atom stereocenters. The van der Waals surface area contributed by atoms with E-state index in [2.05, 4.69) is 15.7 Å². The molecule has 0 radical (unpaired) electrons. The highest BCUT2D eigenvalue weighted by atomic mass is 16.5. The number of carbonyl (C=O) groups excluding carboxylic acids is 3. The number of aromatic nitrogens is 2. The van der Waals surface area contributed by atoms with Crippen molar-refractivity contribution in [2.45, 2.75) is 38.3 Å². The highest BCUT2D eigenvalue weighted by molar-refractivity contribution is 5.97. The van der Waals surface area contributed by atoms with E-state index in [-0.39, 0.29) is 12.5 Å². The molecule has 8 nitrogen and oxygen atoms in total. The van der Waals surface area contributed by atoms with Crippen LogP contribution >= 0.6 is 0 Å². The Morgan fingerprint density at radius 2 is 2.00 bits per heavy atom. The Morgan fingerprint density at radius 1 is 1.27 bits per heavy atom. The van der Waals surface area contributed by atoms with E-state index in [1.54, 1.807) is 17.1 Å². The number of carbonyl (C=O) groups is 3. The van der Waals surface area contributed by atoms with Gasteiger partial charge in [-0.3, -0.25) is 14.9 Å². The van der Waals surface area contributed by atoms with Gasteiger partial charge in [0.05, 0.1) is 18.3 Å². The van der Waals surface area contributed by atoms with E-state index in [1.807, 2.05) is 30.3 Å². The van der Waals surface area contributed by atoms with Crippen LogP contribution in [-0.2, 0) is 20.7 Å². The van der Waals surface area contributed by atoms with Crippen LogP contribution in [0.1, 0.15) is 25.3 Å². The fourth-order valence-corrected chi connectivity index (χ4v) is 2.30. The van der Waals surface area contributed by atoms with Crippen LogP contribution in [0, 0.1) is 0 Å². The number of imide groups is 1. The molecule has 26 heavy (non-hydrogen) atoms. The summed E-state index contributed by atoms with van der Waals surface area (Å²) in [6.07, 6.45) is 4.06. The minimum Gasteiger partial charge on any atom is -0.452 e. The second kappa shape index (κ2) is 7.81. The minimum absolute atomic E-state index is 0.0152. The zero-order chi connectivity index (χ0) is 18.5. The second-order valence-corrected chi connectivity index (χ2v) is 6.17. The van der Waals surface area contributed by atoms with Gasteiger partial charge in [-0.1, -0.05) is 18.2 Å². The average molecular weight is 356 g/mol. The van der Waals surface area contributed by atoms with Crippen LogP contribution in [0.2, 0.25) is 0 Å². The molecule has 1 aliphatic carbocycles. The van der Waals surface area contributed by atoms with Gasteiger partial charge >= 0.3 is 12.0 Å². The van der Waals surface area contributed by atoms with Crippen molar-refractivity contribution in [3.8, 4) is 5.69 Å². The van der Waals surface area contributed by atoms with Gasteiger partial charge in [0.15, 0.2) is 6.10 Å². The number of ether oxygens (including phenoxy) is 1. The first kappa shape index (κ1) is 17.7. The molecule has 2 aromatic rings. The number of amides is 3. The Hall–Kier alpha value is -3.16. The van der Waals surface area contributed by atoms with Crippen molar-refractivity contribution < 1.29 is 19.1 Å². The molecule has 3 rings (SSSR count). The molecular weight excluding hydrogens is 336 g/mol. The predicted octanol–water partition coefficient (Wildman–Crippen LogP) is 1.33. The normalized spacial score (nSPS) is 14.3. The monoisotopic (exact) mass is 356 g/mol. The Morgan fingerprint density at radius 3 is 2.69 bits per heavy atom. The Balaban J connectivity index is 1.48. The molecule has 1 heterocycles. The van der Waals surface area contributed by atoms with Crippen molar-refractivity contribution in [2.75, 3.05) is 0 Å². The standard InChI is InChI=1S/C18H20N4O4/c1-12(17(24)21-18(25)20-14-7-8-14)26-16(23)9-13-10-19-22(11-13)15-5-3-2-4-6-15/h2-6,10-12,14H,7-9H2,1H3,(H2,20,21,24,25). The van der Waals surface area contributed by atoms with E-state index >= 15 is 0 Å². The lowest BCUT2D eigenvalue weighted by atomic mass is 10.2. The van der Waals surface area contributed by atoms with Gasteiger partial charge < -0.3 is 10.1 Å². The number of urea groups is 1. The molecule has 1 unspecified atom stereocenters. The SMILES string of the molecule is CC(OC(=O)Cc1cnn(-c2ccccc2)c1)C(=O)NC(=O)NC1CC1. The first-order chi connectivity index (χ1) is 12.5. The van der Waals surface area contributed by atoms with Crippen molar-refractivity contribution in [1.82, 2.24) is 20.4 Å². The van der Waals surface area contributed by atoms with Crippen molar-refractivity contribution in [3.05, 3.63) is 48.3 Å². The van der Waals surface area contributed by atoms with Gasteiger partial charge in [-0.05, 0) is 31.9 Å². The molecule has 0 spiro atoms. The van der Waals surface area contributed by atoms with E-state index in [0.717, 1.165) is 18.5 Å². The fourth-order valence-electron chi connectivity index (χ4n) is 2.30. The Bertz CT molecular complexity index is 799. The van der Waals surface area contributed by atoms with Crippen LogP contribution in [0.3, 0.4) is 0 Å². The smallest absolute Gasteiger partial charge is 0.321 e. The summed E-state index contributed by atoms with van der Waals surface area (Å²) in [5.41, 5.74) is 1.54. The maximum atomic E-state index is 12.0. The summed E-state index contributed by atoms with van der Waals surface area (Å²) in [5, 5.41) is 9.00. The maximum absolute atomic E-state index is 12.0. The molecule has 3 amide bonds. The molecular formula is C18H20N4O4. The molecule has 0 aliphatic heterocycles. The summed E-state index contributed by atoms with van der Waals surface area (Å²) in [6, 6.07) is 9.06. The summed E-state index contributed by atoms with van der Waals surface area (Å²) in [7, 11) is 0. The molecule has 136 valence electrons. The van der Waals surface area contributed by atoms with Crippen molar-refractivity contribution in [2.24, 2.45) is 0 Å². The van der Waals surface area contributed by atoms with E-state index in [9.17, 15) is 14.4 Å². The molecule has 1 aromatic carbocycles. The maximum Gasteiger partial charge on any atom is 0.321 e. The largest absolute Gasteiger partial charge is 0.452 e. The number of para-hydroxylation sites is 1. The predicted molar refractivity (Wildman–Crippen MR) is 92.5 cm³/mol. The first-order valence-corrected chi connectivity index (χ1v) is 8.41. The van der Waals surface area contributed by atoms with E-state index in [4.69, 9.17) is 4.74 Å². The lowest BCUT2D eigenvalue weighted by Crippen LogP contribution is -2.45. The fraction of sp³-hybridized carbons (Fsp3) is 0.333. The summed E-state index contributed by atoms with van der Waals surface area (Å²) >= 11 is 0. The lowest BCUT2D eigenvalue weighted by molar-refractivity contribution is -0.153. The van der Waals surface area contributed by atoms with Crippen LogP contribution in [0.4, 0.5) is 4.79 Å². The number of benzene rings is 1. The van der Waals surface area contributed by atoms with Crippen molar-refractivity contribution in [3.63, 3.8) is 0 Å². The summed E-state index contributed by atoms with van der Waals surface area (Å²) in [6.45, 7) is 1.42. The molecule has 8 heteroatoms. The molecule has 1 aromatic heterocycles. The summed E-state index contributed by atoms with van der Waals surface area (Å²) in [4.78, 5) is 35.4. The number of hydrogen-bond donors (Lipinski definition) is 2. The average Bonchev–Trinajstić information content (AvgIpc) is 3.30. The Kier molecular flexibility index (Phi) is 5.31. The van der Waals surface area contributed by atoms with Crippen LogP contribution in [0.25, 0.3) is 5.69 Å². The first-order valence-electron chi connectivity index (χ1n) is 8.41. The van der Waals surface area contributed by atoms with Gasteiger partial charge in [0, 0.05) is 17.8 Å². The zero-order valence-electron chi connectivity index (χ0n) is 14.3. The molecule has 1 aliphatic rings. The summed E-state index contributed by atoms with van der Waals surface area (Å²) < 4.78 is 6.74. The van der Waals surface area contributed by atoms with Crippen molar-refractivity contribution in [1.29, 1.82) is 0 Å². The highest BCUT2D eigenvalue weighted by Gasteiger charge is 2.26. The van der Waals surface area contributed by atoms with Crippen molar-refractivity contribution >= 4 is 17.9 Å². The van der Waals surface area contributed by atoms with E-state index in [0.29, 0.717) is 5.56 Å². The zero-order valence-corrected chi connectivity index (χ0v) is 14.3. The van der Waals surface area contributed by atoms with Crippen LogP contribution < -0.4 is 10.6 Å². The quantitative estimate of drug-likeness (QED) is 0.761. The van der Waals surface area contributed by atoms with Crippen LogP contribution in [0.5, 0.6) is 0 Å². The topological polar surface area (TPSA) is 102 Å². The van der Waals surface area contributed by atoms with Gasteiger partial charge in [0.25, 0.3) is 5.91 Å². The number of hydrogen-bond acceptors (Lipinski definition) is 5. The van der Waals surface area contributed by atoms with Crippen LogP contribution in [-0.4, -0.2) is 39.8 Å². The van der Waals surface area contributed by atoms with Gasteiger partial charge in [0.1, 0.15) is 0 Å². The molecule has 1 saturated carbocycles. The molecule has 0 saturated heterocycles. The number of nitrogens with zero attached hydrogens (tertiary/aromatic N) is 2. The van der Waals surface area contributed by atoms with Gasteiger partial charge in [-0.25, -0.2) is 9.48 Å². The number of rotatable bonds is 6.